The molecule has 128 valence electrons. The first-order valence-corrected chi connectivity index (χ1v) is 7.60. The van der Waals surface area contributed by atoms with E-state index < -0.39 is 22.4 Å². The van der Waals surface area contributed by atoms with Gasteiger partial charge < -0.3 is 4.90 Å². The normalized spacial score (nSPS) is 17.4. The number of halogens is 3. The monoisotopic (exact) mass is 331 g/mol. The highest BCUT2D eigenvalue weighted by atomic mass is 19.4. The maximum Gasteiger partial charge on any atom is 0.416 e. The van der Waals surface area contributed by atoms with Crippen LogP contribution >= 0.6 is 0 Å². The highest BCUT2D eigenvalue weighted by Gasteiger charge is 2.35. The van der Waals surface area contributed by atoms with Gasteiger partial charge in [0, 0.05) is 44.9 Å². The first-order valence-electron chi connectivity index (χ1n) is 7.60. The van der Waals surface area contributed by atoms with E-state index in [-0.39, 0.29) is 12.1 Å². The fraction of sp³-hybridized carbons (Fsp3) is 0.600. The molecule has 0 spiro atoms. The molecule has 1 aliphatic rings. The van der Waals surface area contributed by atoms with Gasteiger partial charge in [-0.15, -0.1) is 0 Å². The summed E-state index contributed by atoms with van der Waals surface area (Å²) >= 11 is 0. The largest absolute Gasteiger partial charge is 0.416 e. The van der Waals surface area contributed by atoms with E-state index >= 15 is 0 Å². The Morgan fingerprint density at radius 1 is 1.17 bits per heavy atom. The maximum atomic E-state index is 13.2. The van der Waals surface area contributed by atoms with Gasteiger partial charge in [0.15, 0.2) is 0 Å². The minimum Gasteiger partial charge on any atom is -0.301 e. The second-order valence-electron chi connectivity index (χ2n) is 5.71. The lowest BCUT2D eigenvalue weighted by molar-refractivity contribution is -0.385. The molecule has 1 aromatic rings. The highest BCUT2D eigenvalue weighted by Crippen LogP contribution is 2.35. The van der Waals surface area contributed by atoms with Gasteiger partial charge in [-0.1, -0.05) is 13.0 Å². The minimum absolute atomic E-state index is 0.0899. The smallest absolute Gasteiger partial charge is 0.301 e. The molecular weight excluding hydrogens is 311 g/mol. The van der Waals surface area contributed by atoms with E-state index in [1.54, 1.807) is 0 Å². The average molecular weight is 331 g/mol. The molecule has 1 heterocycles. The zero-order valence-electron chi connectivity index (χ0n) is 13.0. The molecule has 0 aliphatic carbocycles. The van der Waals surface area contributed by atoms with Crippen molar-refractivity contribution in [3.05, 3.63) is 39.4 Å². The second kappa shape index (κ2) is 7.27. The molecule has 0 saturated carbocycles. The SMILES string of the molecule is CCCN1CCN(Cc2ccc([N+](=O)[O-])cc2C(F)(F)F)CC1. The van der Waals surface area contributed by atoms with Crippen LogP contribution in [0, 0.1) is 10.1 Å². The average Bonchev–Trinajstić information content (AvgIpc) is 2.48. The molecule has 0 bridgehead atoms. The molecule has 0 aromatic heterocycles. The van der Waals surface area contributed by atoms with Crippen LogP contribution in [0.4, 0.5) is 18.9 Å². The third kappa shape index (κ3) is 4.65. The van der Waals surface area contributed by atoms with Gasteiger partial charge >= 0.3 is 6.18 Å². The van der Waals surface area contributed by atoms with Crippen molar-refractivity contribution >= 4 is 5.69 Å². The van der Waals surface area contributed by atoms with Crippen molar-refractivity contribution in [2.45, 2.75) is 26.1 Å². The molecule has 2 rings (SSSR count). The molecule has 0 unspecified atom stereocenters. The summed E-state index contributed by atoms with van der Waals surface area (Å²) in [5.41, 5.74) is -1.36. The third-order valence-corrected chi connectivity index (χ3v) is 4.01. The maximum absolute atomic E-state index is 13.2. The predicted octanol–water partition coefficient (Wildman–Crippen LogP) is 3.14. The van der Waals surface area contributed by atoms with Gasteiger partial charge in [-0.25, -0.2) is 0 Å². The van der Waals surface area contributed by atoms with E-state index in [1.807, 2.05) is 4.90 Å². The van der Waals surface area contributed by atoms with Crippen molar-refractivity contribution < 1.29 is 18.1 Å². The molecule has 0 radical (unpaired) electrons. The molecule has 0 amide bonds. The first-order chi connectivity index (χ1) is 10.8. The Morgan fingerprint density at radius 2 is 1.78 bits per heavy atom. The first kappa shape index (κ1) is 17.7. The molecule has 8 heteroatoms. The van der Waals surface area contributed by atoms with Crippen molar-refractivity contribution in [3.63, 3.8) is 0 Å². The summed E-state index contributed by atoms with van der Waals surface area (Å²) in [4.78, 5) is 14.1. The lowest BCUT2D eigenvalue weighted by Crippen LogP contribution is -2.46. The molecule has 5 nitrogen and oxygen atoms in total. The highest BCUT2D eigenvalue weighted by molar-refractivity contribution is 5.41. The van der Waals surface area contributed by atoms with Crippen molar-refractivity contribution in [1.29, 1.82) is 0 Å². The van der Waals surface area contributed by atoms with Crippen LogP contribution < -0.4 is 0 Å². The van der Waals surface area contributed by atoms with Gasteiger partial charge in [0.2, 0.25) is 0 Å². The summed E-state index contributed by atoms with van der Waals surface area (Å²) in [6.45, 7) is 6.33. The zero-order chi connectivity index (χ0) is 17.0. The van der Waals surface area contributed by atoms with E-state index in [0.717, 1.165) is 32.1 Å². The number of nitrogens with zero attached hydrogens (tertiary/aromatic N) is 3. The molecule has 1 aliphatic heterocycles. The molecule has 1 saturated heterocycles. The zero-order valence-corrected chi connectivity index (χ0v) is 13.0. The number of piperazine rings is 1. The fourth-order valence-electron chi connectivity index (χ4n) is 2.81. The van der Waals surface area contributed by atoms with Gasteiger partial charge in [-0.05, 0) is 18.5 Å². The minimum atomic E-state index is -4.59. The van der Waals surface area contributed by atoms with E-state index in [2.05, 4.69) is 11.8 Å². The summed E-state index contributed by atoms with van der Waals surface area (Å²) in [5.74, 6) is 0. The summed E-state index contributed by atoms with van der Waals surface area (Å²) < 4.78 is 39.5. The summed E-state index contributed by atoms with van der Waals surface area (Å²) in [6.07, 6.45) is -3.54. The topological polar surface area (TPSA) is 49.6 Å². The molecule has 23 heavy (non-hydrogen) atoms. The van der Waals surface area contributed by atoms with Gasteiger partial charge in [0.25, 0.3) is 5.69 Å². The number of benzene rings is 1. The fourth-order valence-corrected chi connectivity index (χ4v) is 2.81. The third-order valence-electron chi connectivity index (χ3n) is 4.01. The molecule has 1 aromatic carbocycles. The Labute approximate surface area is 132 Å². The summed E-state index contributed by atoms with van der Waals surface area (Å²) in [7, 11) is 0. The lowest BCUT2D eigenvalue weighted by Gasteiger charge is -2.34. The molecule has 0 N–H and O–H groups in total. The predicted molar refractivity (Wildman–Crippen MR) is 80.1 cm³/mol. The standard InChI is InChI=1S/C15H20F3N3O2/c1-2-5-19-6-8-20(9-7-19)11-12-3-4-13(21(22)23)10-14(12)15(16,17)18/h3-4,10H,2,5-9,11H2,1H3. The number of rotatable bonds is 5. The van der Waals surface area contributed by atoms with Gasteiger partial charge in [-0.3, -0.25) is 15.0 Å². The number of nitro groups is 1. The van der Waals surface area contributed by atoms with E-state index in [1.165, 1.54) is 6.07 Å². The Morgan fingerprint density at radius 3 is 2.30 bits per heavy atom. The van der Waals surface area contributed by atoms with Crippen LogP contribution in [0.5, 0.6) is 0 Å². The molecular formula is C15H20F3N3O2. The van der Waals surface area contributed by atoms with Crippen molar-refractivity contribution in [1.82, 2.24) is 9.80 Å². The number of hydrogen-bond acceptors (Lipinski definition) is 4. The molecule has 1 fully saturated rings. The van der Waals surface area contributed by atoms with Crippen LogP contribution in [-0.2, 0) is 12.7 Å². The summed E-state index contributed by atoms with van der Waals surface area (Å²) in [6, 6.07) is 2.99. The number of hydrogen-bond donors (Lipinski definition) is 0. The summed E-state index contributed by atoms with van der Waals surface area (Å²) in [5, 5.41) is 10.7. The van der Waals surface area contributed by atoms with Crippen molar-refractivity contribution in [2.75, 3.05) is 32.7 Å². The van der Waals surface area contributed by atoms with E-state index in [9.17, 15) is 23.3 Å². The molecule has 0 atom stereocenters. The van der Waals surface area contributed by atoms with Crippen molar-refractivity contribution in [3.8, 4) is 0 Å². The van der Waals surface area contributed by atoms with Gasteiger partial charge in [0.1, 0.15) is 0 Å². The Hall–Kier alpha value is -1.67. The lowest BCUT2D eigenvalue weighted by atomic mass is 10.0. The number of nitro benzene ring substituents is 1. The number of alkyl halides is 3. The van der Waals surface area contributed by atoms with Gasteiger partial charge in [0.05, 0.1) is 10.5 Å². The van der Waals surface area contributed by atoms with Crippen LogP contribution in [0.2, 0.25) is 0 Å². The Bertz CT molecular complexity index is 555. The van der Waals surface area contributed by atoms with Crippen LogP contribution in [0.15, 0.2) is 18.2 Å². The van der Waals surface area contributed by atoms with Crippen molar-refractivity contribution in [2.24, 2.45) is 0 Å². The van der Waals surface area contributed by atoms with Crippen LogP contribution in [0.3, 0.4) is 0 Å². The number of non-ortho nitro benzene ring substituents is 1. The Balaban J connectivity index is 2.12. The second-order valence-corrected chi connectivity index (χ2v) is 5.71. The van der Waals surface area contributed by atoms with Crippen LogP contribution in [0.25, 0.3) is 0 Å². The van der Waals surface area contributed by atoms with Crippen LogP contribution in [0.1, 0.15) is 24.5 Å². The van der Waals surface area contributed by atoms with Crippen LogP contribution in [-0.4, -0.2) is 47.4 Å². The van der Waals surface area contributed by atoms with Gasteiger partial charge in [-0.2, -0.15) is 13.2 Å². The Kier molecular flexibility index (Phi) is 5.59. The van der Waals surface area contributed by atoms with E-state index in [0.29, 0.717) is 19.2 Å². The quantitative estimate of drug-likeness (QED) is 0.614. The van der Waals surface area contributed by atoms with E-state index in [4.69, 9.17) is 0 Å².